The Morgan fingerprint density at radius 1 is 1.38 bits per heavy atom. The number of carbonyl (C=O) groups is 1. The molecule has 0 aromatic heterocycles. The fourth-order valence-electron chi connectivity index (χ4n) is 2.67. The zero-order valence-corrected chi connectivity index (χ0v) is 12.9. The van der Waals surface area contributed by atoms with Gasteiger partial charge in [0.15, 0.2) is 0 Å². The Bertz CT molecular complexity index is 465. The van der Waals surface area contributed by atoms with Gasteiger partial charge in [-0.1, -0.05) is 12.5 Å². The van der Waals surface area contributed by atoms with Crippen molar-refractivity contribution in [3.05, 3.63) is 24.3 Å². The Kier molecular flexibility index (Phi) is 6.02. The minimum atomic E-state index is -0.137. The molecule has 0 spiro atoms. The fourth-order valence-corrected chi connectivity index (χ4v) is 2.67. The molecule has 1 aromatic rings. The van der Waals surface area contributed by atoms with Gasteiger partial charge in [0.2, 0.25) is 5.91 Å². The first-order chi connectivity index (χ1) is 10.2. The Morgan fingerprint density at radius 2 is 2.19 bits per heavy atom. The van der Waals surface area contributed by atoms with Gasteiger partial charge in [-0.05, 0) is 44.6 Å². The van der Waals surface area contributed by atoms with Crippen LogP contribution in [0.2, 0.25) is 0 Å². The number of amides is 1. The monoisotopic (exact) mass is 291 g/mol. The molecular weight excluding hydrogens is 266 g/mol. The van der Waals surface area contributed by atoms with E-state index in [4.69, 9.17) is 4.74 Å². The molecule has 1 aromatic carbocycles. The minimum absolute atomic E-state index is 0.0739. The lowest BCUT2D eigenvalue weighted by Crippen LogP contribution is -2.40. The molecule has 0 saturated carbocycles. The first kappa shape index (κ1) is 15.8. The lowest BCUT2D eigenvalue weighted by atomic mass is 10.0. The Morgan fingerprint density at radius 3 is 2.95 bits per heavy atom. The standard InChI is InChI=1S/C16H25N3O2/c1-19-9-4-3-8-15(19)11-17-13-6-5-7-14(10-13)18-16(20)12-21-2/h5-7,10,15,17H,3-4,8-9,11-12H2,1-2H3,(H,18,20). The summed E-state index contributed by atoms with van der Waals surface area (Å²) in [5.74, 6) is -0.137. The van der Waals surface area contributed by atoms with Gasteiger partial charge in [-0.2, -0.15) is 0 Å². The maximum atomic E-state index is 11.5. The predicted octanol–water partition coefficient (Wildman–Crippen LogP) is 2.17. The number of nitrogens with one attached hydrogen (secondary N) is 2. The first-order valence-electron chi connectivity index (χ1n) is 7.52. The van der Waals surface area contributed by atoms with Gasteiger partial charge in [-0.15, -0.1) is 0 Å². The van der Waals surface area contributed by atoms with Crippen molar-refractivity contribution in [2.75, 3.05) is 44.5 Å². The molecule has 1 unspecified atom stereocenters. The van der Waals surface area contributed by atoms with E-state index in [0.29, 0.717) is 6.04 Å². The molecule has 116 valence electrons. The van der Waals surface area contributed by atoms with Gasteiger partial charge in [0.25, 0.3) is 0 Å². The highest BCUT2D eigenvalue weighted by atomic mass is 16.5. The number of likely N-dealkylation sites (N-methyl/N-ethyl adjacent to an activating group) is 1. The predicted molar refractivity (Wildman–Crippen MR) is 85.7 cm³/mol. The van der Waals surface area contributed by atoms with E-state index >= 15 is 0 Å². The molecule has 5 nitrogen and oxygen atoms in total. The molecule has 1 aliphatic rings. The molecule has 0 aliphatic carbocycles. The van der Waals surface area contributed by atoms with E-state index < -0.39 is 0 Å². The molecule has 21 heavy (non-hydrogen) atoms. The largest absolute Gasteiger partial charge is 0.383 e. The van der Waals surface area contributed by atoms with Gasteiger partial charge in [-0.3, -0.25) is 4.79 Å². The van der Waals surface area contributed by atoms with Gasteiger partial charge in [0, 0.05) is 31.1 Å². The van der Waals surface area contributed by atoms with E-state index in [-0.39, 0.29) is 12.5 Å². The number of methoxy groups -OCH3 is 1. The van der Waals surface area contributed by atoms with Crippen molar-refractivity contribution in [3.8, 4) is 0 Å². The average Bonchev–Trinajstić information content (AvgIpc) is 2.47. The molecule has 1 aliphatic heterocycles. The third kappa shape index (κ3) is 5.02. The van der Waals surface area contributed by atoms with Crippen molar-refractivity contribution >= 4 is 17.3 Å². The van der Waals surface area contributed by atoms with Crippen molar-refractivity contribution in [3.63, 3.8) is 0 Å². The van der Waals surface area contributed by atoms with E-state index in [1.165, 1.54) is 32.9 Å². The van der Waals surface area contributed by atoms with Crippen LogP contribution in [-0.4, -0.2) is 50.7 Å². The van der Waals surface area contributed by atoms with Crippen LogP contribution >= 0.6 is 0 Å². The molecular formula is C16H25N3O2. The molecule has 1 amide bonds. The van der Waals surface area contributed by atoms with Gasteiger partial charge >= 0.3 is 0 Å². The third-order valence-corrected chi connectivity index (χ3v) is 3.89. The maximum Gasteiger partial charge on any atom is 0.250 e. The number of hydrogen-bond acceptors (Lipinski definition) is 4. The molecule has 1 heterocycles. The summed E-state index contributed by atoms with van der Waals surface area (Å²) in [6.45, 7) is 2.19. The van der Waals surface area contributed by atoms with E-state index in [0.717, 1.165) is 17.9 Å². The Balaban J connectivity index is 1.87. The topological polar surface area (TPSA) is 53.6 Å². The van der Waals surface area contributed by atoms with E-state index in [1.807, 2.05) is 24.3 Å². The molecule has 5 heteroatoms. The van der Waals surface area contributed by atoms with Gasteiger partial charge < -0.3 is 20.3 Å². The van der Waals surface area contributed by atoms with Crippen molar-refractivity contribution < 1.29 is 9.53 Å². The Hall–Kier alpha value is -1.59. The summed E-state index contributed by atoms with van der Waals surface area (Å²) in [6.07, 6.45) is 3.85. The van der Waals surface area contributed by atoms with Crippen LogP contribution in [0.1, 0.15) is 19.3 Å². The summed E-state index contributed by atoms with van der Waals surface area (Å²) in [4.78, 5) is 13.9. The second-order valence-electron chi connectivity index (χ2n) is 5.57. The number of rotatable bonds is 6. The molecule has 1 saturated heterocycles. The highest BCUT2D eigenvalue weighted by molar-refractivity contribution is 5.92. The lowest BCUT2D eigenvalue weighted by Gasteiger charge is -2.32. The number of carbonyl (C=O) groups excluding carboxylic acids is 1. The zero-order chi connectivity index (χ0) is 15.1. The lowest BCUT2D eigenvalue weighted by molar-refractivity contribution is -0.119. The summed E-state index contributed by atoms with van der Waals surface area (Å²) in [5, 5.41) is 6.28. The number of nitrogens with zero attached hydrogens (tertiary/aromatic N) is 1. The third-order valence-electron chi connectivity index (χ3n) is 3.89. The highest BCUT2D eigenvalue weighted by Crippen LogP contribution is 2.18. The normalized spacial score (nSPS) is 19.2. The number of anilines is 2. The van der Waals surface area contributed by atoms with Crippen LogP contribution in [0.4, 0.5) is 11.4 Å². The average molecular weight is 291 g/mol. The SMILES string of the molecule is COCC(=O)Nc1cccc(NCC2CCCCN2C)c1. The van der Waals surface area contributed by atoms with Crippen LogP contribution < -0.4 is 10.6 Å². The summed E-state index contributed by atoms with van der Waals surface area (Å²) in [7, 11) is 3.70. The minimum Gasteiger partial charge on any atom is -0.383 e. The molecule has 1 atom stereocenters. The van der Waals surface area contributed by atoms with Gasteiger partial charge in [0.1, 0.15) is 6.61 Å². The van der Waals surface area contributed by atoms with E-state index in [1.54, 1.807) is 0 Å². The Labute approximate surface area is 126 Å². The van der Waals surface area contributed by atoms with E-state index in [9.17, 15) is 4.79 Å². The second kappa shape index (κ2) is 8.00. The van der Waals surface area contributed by atoms with Gasteiger partial charge in [0.05, 0.1) is 0 Å². The van der Waals surface area contributed by atoms with Crippen LogP contribution in [0, 0.1) is 0 Å². The molecule has 0 bridgehead atoms. The number of likely N-dealkylation sites (tertiary alicyclic amines) is 1. The maximum absolute atomic E-state index is 11.5. The van der Waals surface area contributed by atoms with Crippen molar-refractivity contribution in [2.45, 2.75) is 25.3 Å². The number of ether oxygens (including phenoxy) is 1. The smallest absolute Gasteiger partial charge is 0.250 e. The van der Waals surface area contributed by atoms with Crippen LogP contribution in [-0.2, 0) is 9.53 Å². The zero-order valence-electron chi connectivity index (χ0n) is 12.9. The van der Waals surface area contributed by atoms with Crippen molar-refractivity contribution in [1.82, 2.24) is 4.90 Å². The quantitative estimate of drug-likeness (QED) is 0.843. The first-order valence-corrected chi connectivity index (χ1v) is 7.52. The molecule has 2 N–H and O–H groups in total. The van der Waals surface area contributed by atoms with Crippen LogP contribution in [0.25, 0.3) is 0 Å². The molecule has 1 fully saturated rings. The molecule has 2 rings (SSSR count). The summed E-state index contributed by atoms with van der Waals surface area (Å²) in [5.41, 5.74) is 1.82. The number of hydrogen-bond donors (Lipinski definition) is 2. The number of piperidine rings is 1. The fraction of sp³-hybridized carbons (Fsp3) is 0.562. The van der Waals surface area contributed by atoms with Crippen molar-refractivity contribution in [2.24, 2.45) is 0 Å². The summed E-state index contributed by atoms with van der Waals surface area (Å²) >= 11 is 0. The van der Waals surface area contributed by atoms with Crippen LogP contribution in [0.3, 0.4) is 0 Å². The number of benzene rings is 1. The van der Waals surface area contributed by atoms with Gasteiger partial charge in [-0.25, -0.2) is 0 Å². The van der Waals surface area contributed by atoms with E-state index in [2.05, 4.69) is 22.6 Å². The second-order valence-corrected chi connectivity index (χ2v) is 5.57. The van der Waals surface area contributed by atoms with Crippen molar-refractivity contribution in [1.29, 1.82) is 0 Å². The summed E-state index contributed by atoms with van der Waals surface area (Å²) < 4.78 is 4.81. The van der Waals surface area contributed by atoms with Crippen LogP contribution in [0.15, 0.2) is 24.3 Å². The highest BCUT2D eigenvalue weighted by Gasteiger charge is 2.18. The van der Waals surface area contributed by atoms with Crippen LogP contribution in [0.5, 0.6) is 0 Å². The summed E-state index contributed by atoms with van der Waals surface area (Å²) in [6, 6.07) is 8.39. The molecule has 0 radical (unpaired) electrons.